The van der Waals surface area contributed by atoms with Crippen LogP contribution in [0.4, 0.5) is 13.2 Å². The van der Waals surface area contributed by atoms with Crippen molar-refractivity contribution in [3.8, 4) is 0 Å². The molecule has 7 heteroatoms. The molecule has 2 rings (SSSR count). The molecule has 0 bridgehead atoms. The van der Waals surface area contributed by atoms with E-state index in [0.29, 0.717) is 30.8 Å². The van der Waals surface area contributed by atoms with Gasteiger partial charge in [-0.25, -0.2) is 4.98 Å². The molecule has 0 aromatic carbocycles. The van der Waals surface area contributed by atoms with Crippen LogP contribution in [0.1, 0.15) is 30.1 Å². The molecule has 19 heavy (non-hydrogen) atoms. The highest BCUT2D eigenvalue weighted by Gasteiger charge is 2.39. The molecular formula is C12H14F3N3O. The Hall–Kier alpha value is -1.79. The number of nitrogens with zero attached hydrogens (tertiary/aromatic N) is 2. The molecule has 1 aromatic rings. The first-order valence-electron chi connectivity index (χ1n) is 5.99. The van der Waals surface area contributed by atoms with Crippen LogP contribution in [-0.4, -0.2) is 15.5 Å². The van der Waals surface area contributed by atoms with Gasteiger partial charge in [-0.15, -0.1) is 0 Å². The van der Waals surface area contributed by atoms with Gasteiger partial charge in [0.2, 0.25) is 11.7 Å². The Morgan fingerprint density at radius 1 is 1.47 bits per heavy atom. The highest BCUT2D eigenvalue weighted by molar-refractivity contribution is 5.86. The van der Waals surface area contributed by atoms with E-state index in [0.717, 1.165) is 12.5 Å². The van der Waals surface area contributed by atoms with Gasteiger partial charge in [0, 0.05) is 12.2 Å². The maximum atomic E-state index is 12.9. The van der Waals surface area contributed by atoms with Gasteiger partial charge in [0.15, 0.2) is 0 Å². The number of halogens is 3. The smallest absolute Gasteiger partial charge is 0.347 e. The first kappa shape index (κ1) is 13.6. The Labute approximate surface area is 108 Å². The monoisotopic (exact) mass is 273 g/mol. The fourth-order valence-corrected chi connectivity index (χ4v) is 2.22. The van der Waals surface area contributed by atoms with E-state index in [1.165, 1.54) is 4.57 Å². The quantitative estimate of drug-likeness (QED) is 0.857. The lowest BCUT2D eigenvalue weighted by Crippen LogP contribution is -2.22. The molecule has 1 amide bonds. The van der Waals surface area contributed by atoms with Crippen molar-refractivity contribution >= 4 is 5.91 Å². The van der Waals surface area contributed by atoms with Crippen molar-refractivity contribution in [3.63, 3.8) is 0 Å². The van der Waals surface area contributed by atoms with Crippen molar-refractivity contribution in [1.82, 2.24) is 14.9 Å². The number of hydrogen-bond acceptors (Lipinski definition) is 2. The van der Waals surface area contributed by atoms with Gasteiger partial charge >= 0.3 is 6.18 Å². The van der Waals surface area contributed by atoms with Crippen molar-refractivity contribution in [2.45, 2.75) is 38.5 Å². The fraction of sp³-hybridized carbons (Fsp3) is 0.500. The second kappa shape index (κ2) is 5.07. The molecule has 0 radical (unpaired) electrons. The van der Waals surface area contributed by atoms with Crippen LogP contribution < -0.4 is 5.32 Å². The van der Waals surface area contributed by atoms with E-state index in [1.807, 2.05) is 0 Å². The molecule has 4 nitrogen and oxygen atoms in total. The summed E-state index contributed by atoms with van der Waals surface area (Å²) in [5, 5.41) is 2.46. The summed E-state index contributed by atoms with van der Waals surface area (Å²) in [4.78, 5) is 14.7. The predicted octanol–water partition coefficient (Wildman–Crippen LogP) is 2.04. The van der Waals surface area contributed by atoms with Crippen molar-refractivity contribution < 1.29 is 18.0 Å². The van der Waals surface area contributed by atoms with E-state index in [9.17, 15) is 18.0 Å². The number of hydrogen-bond donors (Lipinski definition) is 1. The molecule has 1 aromatic heterocycles. The van der Waals surface area contributed by atoms with Crippen LogP contribution in [0.25, 0.3) is 0 Å². The second-order valence-electron chi connectivity index (χ2n) is 4.36. The van der Waals surface area contributed by atoms with Crippen LogP contribution in [0, 0.1) is 0 Å². The third-order valence-electron chi connectivity index (χ3n) is 3.07. The summed E-state index contributed by atoms with van der Waals surface area (Å²) in [5.74, 6) is -1.30. The third-order valence-corrected chi connectivity index (χ3v) is 3.07. The number of carbonyl (C=O) groups excluding carboxylic acids is 1. The number of alkyl halides is 3. The summed E-state index contributed by atoms with van der Waals surface area (Å²) in [7, 11) is 0. The van der Waals surface area contributed by atoms with Crippen LogP contribution in [0.15, 0.2) is 12.7 Å². The minimum atomic E-state index is -4.47. The summed E-state index contributed by atoms with van der Waals surface area (Å²) < 4.78 is 39.8. The molecule has 0 aliphatic carbocycles. The zero-order chi connectivity index (χ0) is 14.0. The van der Waals surface area contributed by atoms with Crippen LogP contribution in [0.5, 0.6) is 0 Å². The molecular weight excluding hydrogens is 259 g/mol. The van der Waals surface area contributed by atoms with Crippen molar-refractivity contribution in [2.75, 3.05) is 0 Å². The first-order chi connectivity index (χ1) is 8.93. The van der Waals surface area contributed by atoms with E-state index < -0.39 is 17.9 Å². The number of fused-ring (bicyclic) bond motifs is 1. The summed E-state index contributed by atoms with van der Waals surface area (Å²) in [6.45, 7) is 3.61. The fourth-order valence-electron chi connectivity index (χ4n) is 2.22. The summed E-state index contributed by atoms with van der Waals surface area (Å²) in [5.41, 5.74) is 0.866. The topological polar surface area (TPSA) is 46.9 Å². The SMILES string of the molecule is C=CC(=O)NCc1nc(C(F)(F)F)n2c1CCCC2. The molecule has 1 N–H and O–H groups in total. The van der Waals surface area contributed by atoms with Gasteiger partial charge in [-0.3, -0.25) is 4.79 Å². The lowest BCUT2D eigenvalue weighted by molar-refractivity contribution is -0.147. The normalized spacial score (nSPS) is 14.9. The standard InChI is InChI=1S/C12H14F3N3O/c1-2-10(19)16-7-8-9-5-3-4-6-18(9)11(17-8)12(13,14)15/h2H,1,3-7H2,(H,16,19). The molecule has 0 unspecified atom stereocenters. The lowest BCUT2D eigenvalue weighted by atomic mass is 10.1. The maximum Gasteiger partial charge on any atom is 0.449 e. The molecule has 0 saturated heterocycles. The average molecular weight is 273 g/mol. The summed E-state index contributed by atoms with van der Waals surface area (Å²) in [6, 6.07) is 0. The highest BCUT2D eigenvalue weighted by atomic mass is 19.4. The number of rotatable bonds is 3. The summed E-state index contributed by atoms with van der Waals surface area (Å²) >= 11 is 0. The molecule has 0 atom stereocenters. The zero-order valence-corrected chi connectivity index (χ0v) is 10.3. The highest BCUT2D eigenvalue weighted by Crippen LogP contribution is 2.32. The van der Waals surface area contributed by atoms with Gasteiger partial charge < -0.3 is 9.88 Å². The zero-order valence-electron chi connectivity index (χ0n) is 10.3. The van der Waals surface area contributed by atoms with Gasteiger partial charge in [-0.05, 0) is 25.3 Å². The van der Waals surface area contributed by atoms with Crippen LogP contribution >= 0.6 is 0 Å². The van der Waals surface area contributed by atoms with Crippen molar-refractivity contribution in [2.24, 2.45) is 0 Å². The van der Waals surface area contributed by atoms with E-state index in [1.54, 1.807) is 0 Å². The molecule has 1 aliphatic heterocycles. The van der Waals surface area contributed by atoms with Crippen LogP contribution in [0.3, 0.4) is 0 Å². The van der Waals surface area contributed by atoms with Crippen LogP contribution in [-0.2, 0) is 30.5 Å². The van der Waals surface area contributed by atoms with E-state index in [2.05, 4.69) is 16.9 Å². The van der Waals surface area contributed by atoms with Crippen molar-refractivity contribution in [3.05, 3.63) is 29.9 Å². The minimum absolute atomic E-state index is 0.00370. The van der Waals surface area contributed by atoms with Gasteiger partial charge in [-0.1, -0.05) is 6.58 Å². The van der Waals surface area contributed by atoms with Gasteiger partial charge in [-0.2, -0.15) is 13.2 Å². The number of aromatic nitrogens is 2. The Balaban J connectivity index is 2.31. The average Bonchev–Trinajstić information content (AvgIpc) is 2.75. The molecule has 2 heterocycles. The Morgan fingerprint density at radius 3 is 2.84 bits per heavy atom. The van der Waals surface area contributed by atoms with Crippen molar-refractivity contribution in [1.29, 1.82) is 0 Å². The van der Waals surface area contributed by atoms with Gasteiger partial charge in [0.1, 0.15) is 0 Å². The number of nitrogens with one attached hydrogen (secondary N) is 1. The minimum Gasteiger partial charge on any atom is -0.347 e. The molecule has 0 saturated carbocycles. The first-order valence-corrected chi connectivity index (χ1v) is 5.99. The second-order valence-corrected chi connectivity index (χ2v) is 4.36. The molecule has 104 valence electrons. The van der Waals surface area contributed by atoms with Crippen LogP contribution in [0.2, 0.25) is 0 Å². The predicted molar refractivity (Wildman–Crippen MR) is 62.2 cm³/mol. The van der Waals surface area contributed by atoms with E-state index >= 15 is 0 Å². The summed E-state index contributed by atoms with van der Waals surface area (Å²) in [6.07, 6.45) is -1.28. The largest absolute Gasteiger partial charge is 0.449 e. The Morgan fingerprint density at radius 2 is 2.21 bits per heavy atom. The van der Waals surface area contributed by atoms with Gasteiger partial charge in [0.25, 0.3) is 0 Å². The molecule has 0 spiro atoms. The van der Waals surface area contributed by atoms with Gasteiger partial charge in [0.05, 0.1) is 12.2 Å². The third kappa shape index (κ3) is 2.80. The molecule has 0 fully saturated rings. The molecule has 1 aliphatic rings. The maximum absolute atomic E-state index is 12.9. The Bertz CT molecular complexity index is 505. The number of amides is 1. The number of carbonyl (C=O) groups is 1. The Kier molecular flexibility index (Phi) is 3.64. The lowest BCUT2D eigenvalue weighted by Gasteiger charge is -2.18. The van der Waals surface area contributed by atoms with E-state index in [-0.39, 0.29) is 6.54 Å². The van der Waals surface area contributed by atoms with E-state index in [4.69, 9.17) is 0 Å². The number of imidazole rings is 1.